The molecule has 0 bridgehead atoms. The van der Waals surface area contributed by atoms with Crippen molar-refractivity contribution in [3.8, 4) is 0 Å². The van der Waals surface area contributed by atoms with Gasteiger partial charge in [0.05, 0.1) is 23.1 Å². The number of aliphatic hydroxyl groups excluding tert-OH is 1. The highest BCUT2D eigenvalue weighted by Crippen LogP contribution is 2.57. The molecule has 0 saturated heterocycles. The molecular weight excluding hydrogens is 608 g/mol. The number of halogens is 4. The lowest BCUT2D eigenvalue weighted by atomic mass is 9.59. The van der Waals surface area contributed by atoms with E-state index >= 15 is 0 Å². The molecule has 9 heteroatoms. The Labute approximate surface area is 233 Å². The summed E-state index contributed by atoms with van der Waals surface area (Å²) in [7, 11) is -2.12. The van der Waals surface area contributed by atoms with Crippen molar-refractivity contribution in [3.63, 3.8) is 0 Å². The van der Waals surface area contributed by atoms with Crippen LogP contribution in [0.2, 0.25) is 18.1 Å². The summed E-state index contributed by atoms with van der Waals surface area (Å²) in [5.41, 5.74) is 3.09. The summed E-state index contributed by atoms with van der Waals surface area (Å²) in [6.45, 7) is 15.3. The molecule has 0 aliphatic heterocycles. The molecule has 2 atom stereocenters. The minimum absolute atomic E-state index is 0.0249. The summed E-state index contributed by atoms with van der Waals surface area (Å²) < 4.78 is 47.3. The highest BCUT2D eigenvalue weighted by Gasteiger charge is 2.49. The molecule has 1 saturated carbocycles. The summed E-state index contributed by atoms with van der Waals surface area (Å²) in [6, 6.07) is 2.24. The van der Waals surface area contributed by atoms with Gasteiger partial charge in [0, 0.05) is 26.6 Å². The van der Waals surface area contributed by atoms with Gasteiger partial charge in [0.1, 0.15) is 6.10 Å². The van der Waals surface area contributed by atoms with Crippen LogP contribution >= 0.6 is 22.6 Å². The highest BCUT2D eigenvalue weighted by atomic mass is 127. The molecule has 2 aromatic rings. The van der Waals surface area contributed by atoms with Crippen LogP contribution in [0, 0.1) is 8.99 Å². The van der Waals surface area contributed by atoms with Crippen molar-refractivity contribution in [1.29, 1.82) is 0 Å². The second-order valence-corrected chi connectivity index (χ2v) is 18.5. The molecule has 4 nitrogen and oxygen atoms in total. The van der Waals surface area contributed by atoms with E-state index in [2.05, 4.69) is 61.4 Å². The van der Waals surface area contributed by atoms with Gasteiger partial charge in [-0.25, -0.2) is 0 Å². The molecule has 1 fully saturated rings. The monoisotopic (exact) mass is 646 g/mol. The van der Waals surface area contributed by atoms with Crippen molar-refractivity contribution in [2.24, 2.45) is 5.41 Å². The first kappa shape index (κ1) is 29.0. The van der Waals surface area contributed by atoms with Gasteiger partial charge in [-0.15, -0.1) is 0 Å². The summed E-state index contributed by atoms with van der Waals surface area (Å²) >= 11 is 2.30. The van der Waals surface area contributed by atoms with Crippen LogP contribution in [0.4, 0.5) is 13.2 Å². The Balaban J connectivity index is 1.84. The maximum Gasteiger partial charge on any atom is 0.417 e. The van der Waals surface area contributed by atoms with E-state index in [1.165, 1.54) is 25.3 Å². The van der Waals surface area contributed by atoms with E-state index in [1.54, 1.807) is 0 Å². The Bertz CT molecular complexity index is 1160. The Morgan fingerprint density at radius 2 is 1.81 bits per heavy atom. The molecule has 2 aliphatic carbocycles. The summed E-state index contributed by atoms with van der Waals surface area (Å²) in [5.74, 6) is 0.0249. The van der Waals surface area contributed by atoms with E-state index in [9.17, 15) is 18.3 Å². The lowest BCUT2D eigenvalue weighted by Crippen LogP contribution is -2.46. The molecule has 2 heterocycles. The topological polar surface area (TPSA) is 55.2 Å². The number of alkyl halides is 3. The number of hydrogen-bond acceptors (Lipinski definition) is 4. The van der Waals surface area contributed by atoms with Gasteiger partial charge in [-0.1, -0.05) is 41.0 Å². The molecule has 4 rings (SSSR count). The molecule has 0 radical (unpaired) electrons. The lowest BCUT2D eigenvalue weighted by Gasteiger charge is -2.50. The zero-order valence-electron chi connectivity index (χ0n) is 22.8. The average molecular weight is 647 g/mol. The van der Waals surface area contributed by atoms with Gasteiger partial charge in [-0.2, -0.15) is 13.2 Å². The van der Waals surface area contributed by atoms with Crippen LogP contribution in [0.1, 0.15) is 112 Å². The zero-order chi connectivity index (χ0) is 27.6. The number of aliphatic hydroxyl groups is 1. The van der Waals surface area contributed by atoms with Gasteiger partial charge in [-0.05, 0) is 89.9 Å². The van der Waals surface area contributed by atoms with E-state index in [4.69, 9.17) is 9.41 Å². The predicted octanol–water partition coefficient (Wildman–Crippen LogP) is 8.48. The van der Waals surface area contributed by atoms with Gasteiger partial charge in [-0.3, -0.25) is 9.97 Å². The lowest BCUT2D eigenvalue weighted by molar-refractivity contribution is -0.137. The smallest absolute Gasteiger partial charge is 0.410 e. The van der Waals surface area contributed by atoms with E-state index in [1.807, 2.05) is 13.8 Å². The molecule has 2 unspecified atom stereocenters. The summed E-state index contributed by atoms with van der Waals surface area (Å²) in [5, 5.41) is 11.5. The highest BCUT2D eigenvalue weighted by molar-refractivity contribution is 14.1. The number of hydrogen-bond donors (Lipinski definition) is 1. The van der Waals surface area contributed by atoms with Crippen molar-refractivity contribution in [2.75, 3.05) is 0 Å². The van der Waals surface area contributed by atoms with E-state index in [-0.39, 0.29) is 28.2 Å². The van der Waals surface area contributed by atoms with Crippen LogP contribution in [0.5, 0.6) is 0 Å². The fourth-order valence-corrected chi connectivity index (χ4v) is 7.80. The van der Waals surface area contributed by atoms with Gasteiger partial charge >= 0.3 is 6.18 Å². The van der Waals surface area contributed by atoms with Crippen LogP contribution in [-0.4, -0.2) is 23.4 Å². The van der Waals surface area contributed by atoms with Crippen LogP contribution in [0.15, 0.2) is 18.3 Å². The van der Waals surface area contributed by atoms with Crippen LogP contribution in [-0.2, 0) is 17.0 Å². The second kappa shape index (κ2) is 9.85. The Kier molecular flexibility index (Phi) is 7.71. The van der Waals surface area contributed by atoms with Crippen molar-refractivity contribution < 1.29 is 22.7 Å². The van der Waals surface area contributed by atoms with Crippen molar-refractivity contribution in [3.05, 3.63) is 55.7 Å². The largest absolute Gasteiger partial charge is 0.417 e. The molecule has 1 spiro atoms. The van der Waals surface area contributed by atoms with E-state index in [0.29, 0.717) is 5.56 Å². The minimum atomic E-state index is -4.48. The molecular formula is C28H38F3IN2O2Si. The van der Waals surface area contributed by atoms with E-state index in [0.717, 1.165) is 45.6 Å². The summed E-state index contributed by atoms with van der Waals surface area (Å²) in [4.78, 5) is 9.17. The van der Waals surface area contributed by atoms with Crippen LogP contribution in [0.25, 0.3) is 0 Å². The normalized spacial score (nSPS) is 20.6. The van der Waals surface area contributed by atoms with Crippen LogP contribution in [0.3, 0.4) is 0 Å². The maximum absolute atomic E-state index is 13.1. The third-order valence-corrected chi connectivity index (χ3v) is 14.3. The number of fused-ring (bicyclic) bond motifs is 1. The Hall–Kier alpha value is -1.04. The van der Waals surface area contributed by atoms with Crippen molar-refractivity contribution >= 4 is 30.9 Å². The van der Waals surface area contributed by atoms with Gasteiger partial charge in [0.25, 0.3) is 0 Å². The first-order valence-electron chi connectivity index (χ1n) is 13.1. The third-order valence-electron chi connectivity index (χ3n) is 8.67. The van der Waals surface area contributed by atoms with Gasteiger partial charge < -0.3 is 9.53 Å². The first-order chi connectivity index (χ1) is 17.0. The maximum atomic E-state index is 13.1. The number of nitrogens with zero attached hydrogens (tertiary/aromatic N) is 2. The third kappa shape index (κ3) is 5.52. The molecule has 2 aliphatic rings. The molecule has 0 aromatic carbocycles. The number of rotatable bonds is 5. The van der Waals surface area contributed by atoms with E-state index < -0.39 is 26.2 Å². The average Bonchev–Trinajstić information content (AvgIpc) is 2.75. The molecule has 1 N–H and O–H groups in total. The van der Waals surface area contributed by atoms with Crippen molar-refractivity contribution in [1.82, 2.24) is 9.97 Å². The number of pyridine rings is 2. The predicted molar refractivity (Wildman–Crippen MR) is 150 cm³/mol. The zero-order valence-corrected chi connectivity index (χ0v) is 25.9. The first-order valence-corrected chi connectivity index (χ1v) is 17.1. The standard InChI is InChI=1S/C28H38F3IN2O2Si/c1-16(2)24-22(25(35)18-10-9-17(15-33-18)28(29,30)31)23(32)21-19(34-24)13-27(11-8-12-27)14-20(21)36-37(6,7)26(3,4)5/h9-10,15-16,20,25,35H,8,11-14H2,1-7H3. The van der Waals surface area contributed by atoms with Crippen molar-refractivity contribution in [2.45, 2.75) is 109 Å². The molecule has 2 aromatic heterocycles. The second-order valence-electron chi connectivity index (χ2n) is 12.7. The molecule has 0 amide bonds. The quantitative estimate of drug-likeness (QED) is 0.262. The van der Waals surface area contributed by atoms with Crippen LogP contribution < -0.4 is 0 Å². The fraction of sp³-hybridized carbons (Fsp3) is 0.643. The molecule has 204 valence electrons. The van der Waals surface area contributed by atoms with Gasteiger partial charge in [0.15, 0.2) is 8.32 Å². The number of aromatic nitrogens is 2. The molecule has 37 heavy (non-hydrogen) atoms. The fourth-order valence-electron chi connectivity index (χ4n) is 5.31. The summed E-state index contributed by atoms with van der Waals surface area (Å²) in [6.07, 6.45) is 0.451. The Morgan fingerprint density at radius 1 is 1.16 bits per heavy atom. The Morgan fingerprint density at radius 3 is 2.27 bits per heavy atom. The minimum Gasteiger partial charge on any atom is -0.410 e. The van der Waals surface area contributed by atoms with Gasteiger partial charge in [0.2, 0.25) is 0 Å². The SMILES string of the molecule is CC(C)c1nc2c(c(I)c1C(O)c1ccc(C(F)(F)F)cn1)C(O[Si](C)(C)C(C)(C)C)CC1(CCC1)C2.